The molecule has 188 valence electrons. The van der Waals surface area contributed by atoms with Gasteiger partial charge < -0.3 is 10.6 Å². The van der Waals surface area contributed by atoms with Crippen LogP contribution in [0.25, 0.3) is 0 Å². The minimum absolute atomic E-state index is 0.0719. The smallest absolute Gasteiger partial charge is 0.224 e. The summed E-state index contributed by atoms with van der Waals surface area (Å²) in [7, 11) is 0. The molecule has 0 aromatic heterocycles. The van der Waals surface area contributed by atoms with Crippen LogP contribution in [0.2, 0.25) is 0 Å². The number of hydrogen-bond donors (Lipinski definition) is 2. The molecule has 0 aliphatic heterocycles. The number of amides is 1. The van der Waals surface area contributed by atoms with Crippen molar-refractivity contribution in [3.8, 4) is 0 Å². The van der Waals surface area contributed by atoms with Crippen molar-refractivity contribution in [1.29, 1.82) is 0 Å². The minimum Gasteiger partial charge on any atom is -0.356 e. The van der Waals surface area contributed by atoms with Crippen molar-refractivity contribution in [1.82, 2.24) is 0 Å². The molecular formula is C32H34N4O. The summed E-state index contributed by atoms with van der Waals surface area (Å²) in [5, 5.41) is 6.35. The molecule has 1 amide bonds. The molecular weight excluding hydrogens is 456 g/mol. The van der Waals surface area contributed by atoms with E-state index in [4.69, 9.17) is 4.99 Å². The molecule has 3 aromatic carbocycles. The van der Waals surface area contributed by atoms with Gasteiger partial charge in [-0.3, -0.25) is 4.79 Å². The summed E-state index contributed by atoms with van der Waals surface area (Å²) in [6, 6.07) is 25.8. The Bertz CT molecular complexity index is 1250. The van der Waals surface area contributed by atoms with Crippen LogP contribution in [-0.4, -0.2) is 17.3 Å². The van der Waals surface area contributed by atoms with Crippen molar-refractivity contribution in [3.63, 3.8) is 0 Å². The lowest BCUT2D eigenvalue weighted by molar-refractivity contribution is -0.116. The summed E-state index contributed by atoms with van der Waals surface area (Å²) in [5.74, 6) is 0.0719. The van der Waals surface area contributed by atoms with E-state index in [2.05, 4.69) is 22.5 Å². The highest BCUT2D eigenvalue weighted by molar-refractivity contribution is 6.19. The number of unbranched alkanes of at least 4 members (excludes halogenated alkanes) is 4. The molecule has 0 fully saturated rings. The number of carbonyl (C=O) groups excluding carboxylic acids is 1. The van der Waals surface area contributed by atoms with Gasteiger partial charge in [0.05, 0.1) is 22.8 Å². The fraction of sp³-hybridized carbons (Fsp3) is 0.219. The van der Waals surface area contributed by atoms with Crippen LogP contribution in [0.4, 0.5) is 28.4 Å². The number of nitrogens with one attached hydrogen (secondary N) is 2. The Balaban J connectivity index is 1.27. The highest BCUT2D eigenvalue weighted by Crippen LogP contribution is 2.22. The monoisotopic (exact) mass is 490 g/mol. The van der Waals surface area contributed by atoms with Gasteiger partial charge in [0.25, 0.3) is 0 Å². The van der Waals surface area contributed by atoms with Crippen LogP contribution >= 0.6 is 0 Å². The van der Waals surface area contributed by atoms with Crippen LogP contribution in [-0.2, 0) is 4.79 Å². The van der Waals surface area contributed by atoms with Gasteiger partial charge in [-0.1, -0.05) is 50.8 Å². The summed E-state index contributed by atoms with van der Waals surface area (Å²) < 4.78 is 0. The maximum Gasteiger partial charge on any atom is 0.224 e. The number of benzene rings is 3. The highest BCUT2D eigenvalue weighted by atomic mass is 16.1. The molecule has 0 saturated heterocycles. The van der Waals surface area contributed by atoms with E-state index in [1.165, 1.54) is 19.3 Å². The van der Waals surface area contributed by atoms with E-state index in [1.54, 1.807) is 0 Å². The quantitative estimate of drug-likeness (QED) is 0.208. The number of rotatable bonds is 11. The van der Waals surface area contributed by atoms with Gasteiger partial charge in [-0.2, -0.15) is 0 Å². The van der Waals surface area contributed by atoms with Crippen molar-refractivity contribution in [2.45, 2.75) is 45.4 Å². The van der Waals surface area contributed by atoms with Crippen LogP contribution in [0.15, 0.2) is 113 Å². The standard InChI is InChI=1S/C32H34N4O/c1-2-3-4-5-9-12-32(37)36-31-23-21-30(22-24-31)35-29-19-17-28(18-20-29)34-27-15-13-26(14-16-27)33-25-10-7-6-8-11-25/h6-8,10-11,13-24,33H,2-5,9,12H2,1H3,(H,36,37). The third-order valence-corrected chi connectivity index (χ3v) is 5.95. The average Bonchev–Trinajstić information content (AvgIpc) is 2.92. The van der Waals surface area contributed by atoms with E-state index < -0.39 is 0 Å². The molecule has 5 nitrogen and oxygen atoms in total. The Morgan fingerprint density at radius 1 is 0.622 bits per heavy atom. The lowest BCUT2D eigenvalue weighted by Crippen LogP contribution is -2.10. The predicted octanol–water partition coefficient (Wildman–Crippen LogP) is 8.70. The third-order valence-electron chi connectivity index (χ3n) is 5.95. The molecule has 0 heterocycles. The number of para-hydroxylation sites is 1. The molecule has 0 atom stereocenters. The topological polar surface area (TPSA) is 65.8 Å². The normalized spacial score (nSPS) is 12.4. The first-order valence-corrected chi connectivity index (χ1v) is 13.0. The first-order valence-electron chi connectivity index (χ1n) is 13.0. The molecule has 4 rings (SSSR count). The van der Waals surface area contributed by atoms with Gasteiger partial charge >= 0.3 is 0 Å². The van der Waals surface area contributed by atoms with Gasteiger partial charge in [0.2, 0.25) is 5.91 Å². The third kappa shape index (κ3) is 8.73. The molecule has 0 saturated carbocycles. The summed E-state index contributed by atoms with van der Waals surface area (Å²) in [6.45, 7) is 2.19. The molecule has 1 aliphatic rings. The Morgan fingerprint density at radius 2 is 1.14 bits per heavy atom. The highest BCUT2D eigenvalue weighted by Gasteiger charge is 2.04. The summed E-state index contributed by atoms with van der Waals surface area (Å²) in [5.41, 5.74) is 6.33. The second-order valence-electron chi connectivity index (χ2n) is 9.04. The summed E-state index contributed by atoms with van der Waals surface area (Å²) in [6.07, 6.45) is 14.1. The minimum atomic E-state index is 0.0719. The number of allylic oxidation sites excluding steroid dienone is 4. The van der Waals surface area contributed by atoms with E-state index >= 15 is 0 Å². The second kappa shape index (κ2) is 13.7. The largest absolute Gasteiger partial charge is 0.356 e. The number of aliphatic imine (C=N–C) groups is 2. The molecule has 5 heteroatoms. The van der Waals surface area contributed by atoms with Crippen LogP contribution in [0.5, 0.6) is 0 Å². The molecule has 3 aromatic rings. The van der Waals surface area contributed by atoms with Gasteiger partial charge in [0.1, 0.15) is 0 Å². The Hall–Kier alpha value is -4.25. The van der Waals surface area contributed by atoms with Gasteiger partial charge in [0, 0.05) is 23.5 Å². The molecule has 37 heavy (non-hydrogen) atoms. The lowest BCUT2D eigenvalue weighted by atomic mass is 10.1. The van der Waals surface area contributed by atoms with Crippen molar-refractivity contribution >= 4 is 45.8 Å². The first-order chi connectivity index (χ1) is 18.2. The van der Waals surface area contributed by atoms with Gasteiger partial charge in [-0.25, -0.2) is 9.98 Å². The Kier molecular flexibility index (Phi) is 9.59. The van der Waals surface area contributed by atoms with E-state index in [1.807, 2.05) is 103 Å². The predicted molar refractivity (Wildman–Crippen MR) is 157 cm³/mol. The van der Waals surface area contributed by atoms with Crippen LogP contribution in [0, 0.1) is 0 Å². The molecule has 0 spiro atoms. The van der Waals surface area contributed by atoms with Crippen LogP contribution < -0.4 is 10.6 Å². The SMILES string of the molecule is CCCCCCCC(=O)Nc1ccc(N=C2C=CC(=Nc3ccc(Nc4ccccc4)cc3)C=C2)cc1. The first kappa shape index (κ1) is 25.8. The molecule has 0 radical (unpaired) electrons. The lowest BCUT2D eigenvalue weighted by Gasteiger charge is -2.07. The number of carbonyl (C=O) groups is 1. The van der Waals surface area contributed by atoms with E-state index in [-0.39, 0.29) is 5.91 Å². The van der Waals surface area contributed by atoms with Crippen LogP contribution in [0.3, 0.4) is 0 Å². The van der Waals surface area contributed by atoms with E-state index in [9.17, 15) is 4.79 Å². The molecule has 1 aliphatic carbocycles. The zero-order chi connectivity index (χ0) is 25.7. The zero-order valence-corrected chi connectivity index (χ0v) is 21.4. The zero-order valence-electron chi connectivity index (χ0n) is 21.4. The van der Waals surface area contributed by atoms with Crippen molar-refractivity contribution in [3.05, 3.63) is 103 Å². The van der Waals surface area contributed by atoms with Crippen LogP contribution in [0.1, 0.15) is 45.4 Å². The van der Waals surface area contributed by atoms with E-state index in [0.29, 0.717) is 6.42 Å². The Morgan fingerprint density at radius 3 is 1.70 bits per heavy atom. The van der Waals surface area contributed by atoms with Crippen molar-refractivity contribution in [2.75, 3.05) is 10.6 Å². The van der Waals surface area contributed by atoms with Crippen molar-refractivity contribution in [2.24, 2.45) is 9.98 Å². The Labute approximate surface area is 219 Å². The van der Waals surface area contributed by atoms with Gasteiger partial charge in [-0.05, 0) is 91.4 Å². The van der Waals surface area contributed by atoms with E-state index in [0.717, 1.165) is 52.7 Å². The fourth-order valence-corrected chi connectivity index (χ4v) is 3.94. The van der Waals surface area contributed by atoms with Gasteiger partial charge in [0.15, 0.2) is 0 Å². The average molecular weight is 491 g/mol. The number of hydrogen-bond acceptors (Lipinski definition) is 4. The second-order valence-corrected chi connectivity index (χ2v) is 9.04. The number of nitrogens with zero attached hydrogens (tertiary/aromatic N) is 2. The maximum atomic E-state index is 12.1. The molecule has 0 bridgehead atoms. The molecule has 0 unspecified atom stereocenters. The fourth-order valence-electron chi connectivity index (χ4n) is 3.94. The summed E-state index contributed by atoms with van der Waals surface area (Å²) >= 11 is 0. The number of anilines is 3. The van der Waals surface area contributed by atoms with Gasteiger partial charge in [-0.15, -0.1) is 0 Å². The summed E-state index contributed by atoms with van der Waals surface area (Å²) in [4.78, 5) is 21.5. The molecule has 2 N–H and O–H groups in total. The maximum absolute atomic E-state index is 12.1. The van der Waals surface area contributed by atoms with Crippen molar-refractivity contribution < 1.29 is 4.79 Å².